The summed E-state index contributed by atoms with van der Waals surface area (Å²) in [6.45, 7) is 0.371. The van der Waals surface area contributed by atoms with E-state index in [0.717, 1.165) is 5.56 Å². The van der Waals surface area contributed by atoms with E-state index in [2.05, 4.69) is 15.9 Å². The standard InChI is InChI=1S/C12H9BrFNO/c13-10-5-9(6-11(14)7-10)8-15-4-2-1-3-12(15)16/h1-7H,8H2. The first-order valence-electron chi connectivity index (χ1n) is 4.75. The van der Waals surface area contributed by atoms with Gasteiger partial charge in [-0.1, -0.05) is 22.0 Å². The predicted octanol–water partition coefficient (Wildman–Crippen LogP) is 2.80. The summed E-state index contributed by atoms with van der Waals surface area (Å²) in [5, 5.41) is 0. The second kappa shape index (κ2) is 4.61. The molecule has 1 aromatic carbocycles. The van der Waals surface area contributed by atoms with E-state index in [0.29, 0.717) is 11.0 Å². The maximum Gasteiger partial charge on any atom is 0.250 e. The van der Waals surface area contributed by atoms with Crippen LogP contribution < -0.4 is 5.56 Å². The first-order valence-corrected chi connectivity index (χ1v) is 5.55. The largest absolute Gasteiger partial charge is 0.311 e. The Balaban J connectivity index is 2.34. The molecule has 0 unspecified atom stereocenters. The molecule has 4 heteroatoms. The molecule has 0 radical (unpaired) electrons. The quantitative estimate of drug-likeness (QED) is 0.830. The van der Waals surface area contributed by atoms with Crippen LogP contribution in [0, 0.1) is 5.82 Å². The van der Waals surface area contributed by atoms with Gasteiger partial charge in [0, 0.05) is 16.7 Å². The average Bonchev–Trinajstić information content (AvgIpc) is 2.20. The first-order chi connectivity index (χ1) is 7.65. The van der Waals surface area contributed by atoms with E-state index in [-0.39, 0.29) is 11.4 Å². The van der Waals surface area contributed by atoms with Crippen molar-refractivity contribution in [1.82, 2.24) is 4.57 Å². The van der Waals surface area contributed by atoms with Crippen LogP contribution in [-0.4, -0.2) is 4.57 Å². The number of halogens is 2. The van der Waals surface area contributed by atoms with Crippen LogP contribution in [0.15, 0.2) is 51.9 Å². The van der Waals surface area contributed by atoms with Crippen LogP contribution in [0.4, 0.5) is 4.39 Å². The van der Waals surface area contributed by atoms with E-state index >= 15 is 0 Å². The minimum atomic E-state index is -0.312. The molecule has 0 atom stereocenters. The minimum Gasteiger partial charge on any atom is -0.311 e. The summed E-state index contributed by atoms with van der Waals surface area (Å²) in [4.78, 5) is 11.5. The first kappa shape index (κ1) is 11.1. The summed E-state index contributed by atoms with van der Waals surface area (Å²) >= 11 is 3.22. The molecule has 0 bridgehead atoms. The highest BCUT2D eigenvalue weighted by molar-refractivity contribution is 9.10. The van der Waals surface area contributed by atoms with Gasteiger partial charge in [-0.25, -0.2) is 4.39 Å². The van der Waals surface area contributed by atoms with Gasteiger partial charge in [0.05, 0.1) is 6.54 Å². The summed E-state index contributed by atoms with van der Waals surface area (Å²) in [6, 6.07) is 9.54. The van der Waals surface area contributed by atoms with Crippen LogP contribution in [-0.2, 0) is 6.54 Å². The zero-order valence-electron chi connectivity index (χ0n) is 8.36. The van der Waals surface area contributed by atoms with Crippen molar-refractivity contribution in [2.75, 3.05) is 0 Å². The van der Waals surface area contributed by atoms with Crippen LogP contribution in [0.1, 0.15) is 5.56 Å². The third kappa shape index (κ3) is 2.58. The van der Waals surface area contributed by atoms with E-state index in [9.17, 15) is 9.18 Å². The van der Waals surface area contributed by atoms with Gasteiger partial charge in [-0.05, 0) is 29.8 Å². The zero-order valence-corrected chi connectivity index (χ0v) is 9.95. The van der Waals surface area contributed by atoms with Gasteiger partial charge in [0.1, 0.15) is 5.82 Å². The summed E-state index contributed by atoms with van der Waals surface area (Å²) in [6.07, 6.45) is 1.68. The number of pyridine rings is 1. The summed E-state index contributed by atoms with van der Waals surface area (Å²) in [7, 11) is 0. The number of aromatic nitrogens is 1. The molecule has 1 aromatic heterocycles. The summed E-state index contributed by atoms with van der Waals surface area (Å²) in [5.41, 5.74) is 0.656. The van der Waals surface area contributed by atoms with Crippen LogP contribution in [0.3, 0.4) is 0 Å². The second-order valence-corrected chi connectivity index (χ2v) is 4.36. The Labute approximate surface area is 100 Å². The van der Waals surface area contributed by atoms with Crippen LogP contribution in [0.2, 0.25) is 0 Å². The third-order valence-electron chi connectivity index (χ3n) is 2.17. The zero-order chi connectivity index (χ0) is 11.5. The highest BCUT2D eigenvalue weighted by atomic mass is 79.9. The van der Waals surface area contributed by atoms with Gasteiger partial charge in [0.25, 0.3) is 5.56 Å². The number of hydrogen-bond donors (Lipinski definition) is 0. The molecule has 0 N–H and O–H groups in total. The molecule has 16 heavy (non-hydrogen) atoms. The van der Waals surface area contributed by atoms with Crippen molar-refractivity contribution in [3.05, 3.63) is 68.8 Å². The van der Waals surface area contributed by atoms with Crippen molar-refractivity contribution < 1.29 is 4.39 Å². The van der Waals surface area contributed by atoms with Crippen molar-refractivity contribution >= 4 is 15.9 Å². The fourth-order valence-electron chi connectivity index (χ4n) is 1.49. The third-order valence-corrected chi connectivity index (χ3v) is 2.63. The molecule has 82 valence electrons. The lowest BCUT2D eigenvalue weighted by atomic mass is 10.2. The van der Waals surface area contributed by atoms with Crippen molar-refractivity contribution in [3.8, 4) is 0 Å². The Hall–Kier alpha value is -1.42. The van der Waals surface area contributed by atoms with Gasteiger partial charge in [-0.2, -0.15) is 0 Å². The Kier molecular flexibility index (Phi) is 3.19. The number of hydrogen-bond acceptors (Lipinski definition) is 1. The van der Waals surface area contributed by atoms with Gasteiger partial charge in [0.2, 0.25) is 0 Å². The van der Waals surface area contributed by atoms with Gasteiger partial charge in [0.15, 0.2) is 0 Å². The van der Waals surface area contributed by atoms with Gasteiger partial charge in [-0.15, -0.1) is 0 Å². The molecule has 2 aromatic rings. The molecule has 0 saturated heterocycles. The molecule has 0 amide bonds. The molecule has 0 spiro atoms. The van der Waals surface area contributed by atoms with Crippen LogP contribution >= 0.6 is 15.9 Å². The van der Waals surface area contributed by atoms with E-state index < -0.39 is 0 Å². The maximum atomic E-state index is 13.1. The fraction of sp³-hybridized carbons (Fsp3) is 0.0833. The Morgan fingerprint density at radius 3 is 2.75 bits per heavy atom. The SMILES string of the molecule is O=c1ccccn1Cc1cc(F)cc(Br)c1. The average molecular weight is 282 g/mol. The smallest absolute Gasteiger partial charge is 0.250 e. The fourth-order valence-corrected chi connectivity index (χ4v) is 2.00. The topological polar surface area (TPSA) is 22.0 Å². The molecule has 1 heterocycles. The Bertz CT molecular complexity index is 545. The molecular formula is C12H9BrFNO. The van der Waals surface area contributed by atoms with Crippen molar-refractivity contribution in [1.29, 1.82) is 0 Å². The molecule has 0 aliphatic heterocycles. The summed E-state index contributed by atoms with van der Waals surface area (Å²) in [5.74, 6) is -0.312. The van der Waals surface area contributed by atoms with E-state index in [1.807, 2.05) is 0 Å². The van der Waals surface area contributed by atoms with Crippen LogP contribution in [0.5, 0.6) is 0 Å². The van der Waals surface area contributed by atoms with Crippen molar-refractivity contribution in [2.24, 2.45) is 0 Å². The number of benzene rings is 1. The highest BCUT2D eigenvalue weighted by Gasteiger charge is 2.01. The highest BCUT2D eigenvalue weighted by Crippen LogP contribution is 2.15. The van der Waals surface area contributed by atoms with Gasteiger partial charge in [-0.3, -0.25) is 4.79 Å². The van der Waals surface area contributed by atoms with Crippen molar-refractivity contribution in [3.63, 3.8) is 0 Å². The molecule has 0 aliphatic rings. The van der Waals surface area contributed by atoms with Crippen molar-refractivity contribution in [2.45, 2.75) is 6.54 Å². The van der Waals surface area contributed by atoms with E-state index in [4.69, 9.17) is 0 Å². The monoisotopic (exact) mass is 281 g/mol. The number of nitrogens with zero attached hydrogens (tertiary/aromatic N) is 1. The Morgan fingerprint density at radius 1 is 1.25 bits per heavy atom. The number of rotatable bonds is 2. The molecule has 0 aliphatic carbocycles. The lowest BCUT2D eigenvalue weighted by molar-refractivity contribution is 0.621. The van der Waals surface area contributed by atoms with E-state index in [1.165, 1.54) is 22.8 Å². The van der Waals surface area contributed by atoms with E-state index in [1.54, 1.807) is 24.4 Å². The molecule has 0 saturated carbocycles. The lowest BCUT2D eigenvalue weighted by Gasteiger charge is -2.05. The Morgan fingerprint density at radius 2 is 2.06 bits per heavy atom. The summed E-state index contributed by atoms with van der Waals surface area (Å²) < 4.78 is 15.3. The molecule has 2 nitrogen and oxygen atoms in total. The lowest BCUT2D eigenvalue weighted by Crippen LogP contribution is -2.18. The normalized spacial score (nSPS) is 10.4. The van der Waals surface area contributed by atoms with Crippen LogP contribution in [0.25, 0.3) is 0 Å². The molecule has 2 rings (SSSR count). The molecular weight excluding hydrogens is 273 g/mol. The maximum absolute atomic E-state index is 13.1. The minimum absolute atomic E-state index is 0.0946. The van der Waals surface area contributed by atoms with Gasteiger partial charge >= 0.3 is 0 Å². The van der Waals surface area contributed by atoms with Gasteiger partial charge < -0.3 is 4.57 Å². The second-order valence-electron chi connectivity index (χ2n) is 3.44. The molecule has 0 fully saturated rings. The predicted molar refractivity (Wildman–Crippen MR) is 63.9 cm³/mol.